The highest BCUT2D eigenvalue weighted by atomic mass is 16.3. The lowest BCUT2D eigenvalue weighted by molar-refractivity contribution is -0.196. The van der Waals surface area contributed by atoms with Crippen molar-refractivity contribution >= 4 is 0 Å². The minimum absolute atomic E-state index is 0.0419. The Morgan fingerprint density at radius 1 is 0.742 bits per heavy atom. The van der Waals surface area contributed by atoms with Gasteiger partial charge in [-0.15, -0.1) is 0 Å². The maximum absolute atomic E-state index is 10.9. The number of aliphatic hydroxyl groups excluding tert-OH is 1. The zero-order valence-electron chi connectivity index (χ0n) is 21.7. The van der Waals surface area contributed by atoms with Crippen LogP contribution in [0, 0.1) is 44.3 Å². The van der Waals surface area contributed by atoms with E-state index in [9.17, 15) is 5.11 Å². The predicted molar refractivity (Wildman–Crippen MR) is 131 cm³/mol. The van der Waals surface area contributed by atoms with E-state index in [4.69, 9.17) is 0 Å². The molecule has 5 aliphatic rings. The summed E-state index contributed by atoms with van der Waals surface area (Å²) in [6.07, 6.45) is 16.7. The van der Waals surface area contributed by atoms with Crippen molar-refractivity contribution in [2.45, 2.75) is 119 Å². The number of allylic oxidation sites excluding steroid dienone is 4. The molecule has 0 bridgehead atoms. The lowest BCUT2D eigenvalue weighted by Gasteiger charge is -2.70. The molecule has 3 fully saturated rings. The zero-order chi connectivity index (χ0) is 22.7. The average molecular weight is 425 g/mol. The summed E-state index contributed by atoms with van der Waals surface area (Å²) in [5, 5.41) is 10.9. The molecule has 0 aromatic rings. The van der Waals surface area contributed by atoms with Gasteiger partial charge < -0.3 is 5.11 Å². The van der Waals surface area contributed by atoms with Crippen molar-refractivity contribution in [3.8, 4) is 0 Å². The monoisotopic (exact) mass is 424 g/mol. The second-order valence-corrected chi connectivity index (χ2v) is 14.7. The molecular weight excluding hydrogens is 376 g/mol. The molecule has 0 amide bonds. The summed E-state index contributed by atoms with van der Waals surface area (Å²) in [5.41, 5.74) is 5.24. The molecule has 0 spiro atoms. The first-order valence-corrected chi connectivity index (χ1v) is 13.3. The largest absolute Gasteiger partial charge is 0.393 e. The fourth-order valence-corrected chi connectivity index (χ4v) is 9.89. The van der Waals surface area contributed by atoms with Gasteiger partial charge in [-0.25, -0.2) is 0 Å². The molecule has 5 aliphatic carbocycles. The Bertz CT molecular complexity index is 844. The molecule has 0 aromatic heterocycles. The molecule has 3 saturated carbocycles. The molecule has 0 heterocycles. The third-order valence-electron chi connectivity index (χ3n) is 12.4. The van der Waals surface area contributed by atoms with Gasteiger partial charge in [-0.05, 0) is 113 Å². The highest BCUT2D eigenvalue weighted by molar-refractivity contribution is 5.48. The van der Waals surface area contributed by atoms with Crippen molar-refractivity contribution in [2.24, 2.45) is 44.3 Å². The molecule has 31 heavy (non-hydrogen) atoms. The minimum atomic E-state index is -0.134. The van der Waals surface area contributed by atoms with E-state index in [1.807, 2.05) is 0 Å². The van der Waals surface area contributed by atoms with E-state index in [2.05, 4.69) is 67.5 Å². The Morgan fingerprint density at radius 2 is 1.42 bits per heavy atom. The van der Waals surface area contributed by atoms with Crippen LogP contribution in [-0.4, -0.2) is 11.2 Å². The molecular formula is C30H48O. The average Bonchev–Trinajstić information content (AvgIpc) is 2.67. The summed E-state index contributed by atoms with van der Waals surface area (Å²) >= 11 is 0. The molecule has 5 rings (SSSR count). The second kappa shape index (κ2) is 6.31. The van der Waals surface area contributed by atoms with E-state index in [1.165, 1.54) is 51.4 Å². The summed E-state index contributed by atoms with van der Waals surface area (Å²) in [6.45, 7) is 20.1. The standard InChI is InChI=1S/C30H48O/c1-25(2)15-16-27(5)17-18-29(7)20(21(27)19-25)9-10-23-28(6)13-12-24(31)26(3,4)22(28)11-14-30(23,29)8/h9,19,22-24,31H,10-18H2,1-8H3/t22-,23+,24-,27+,28-,29+,30+/m0/s1. The van der Waals surface area contributed by atoms with Gasteiger partial charge in [0.2, 0.25) is 0 Å². The van der Waals surface area contributed by atoms with E-state index in [-0.39, 0.29) is 11.5 Å². The lowest BCUT2D eigenvalue weighted by atomic mass is 9.34. The molecule has 0 unspecified atom stereocenters. The molecule has 0 aromatic carbocycles. The third kappa shape index (κ3) is 2.71. The van der Waals surface area contributed by atoms with Crippen LogP contribution in [0.4, 0.5) is 0 Å². The lowest BCUT2D eigenvalue weighted by Crippen LogP contribution is -2.63. The molecule has 7 atom stereocenters. The van der Waals surface area contributed by atoms with Gasteiger partial charge in [0.15, 0.2) is 0 Å². The van der Waals surface area contributed by atoms with Gasteiger partial charge in [-0.3, -0.25) is 0 Å². The van der Waals surface area contributed by atoms with Gasteiger partial charge in [0.25, 0.3) is 0 Å². The quantitative estimate of drug-likeness (QED) is 0.416. The minimum Gasteiger partial charge on any atom is -0.393 e. The van der Waals surface area contributed by atoms with Gasteiger partial charge in [0, 0.05) is 0 Å². The van der Waals surface area contributed by atoms with Gasteiger partial charge >= 0.3 is 0 Å². The van der Waals surface area contributed by atoms with Crippen LogP contribution >= 0.6 is 0 Å². The van der Waals surface area contributed by atoms with Crippen LogP contribution in [0.3, 0.4) is 0 Å². The highest BCUT2D eigenvalue weighted by Gasteiger charge is 2.67. The van der Waals surface area contributed by atoms with Crippen molar-refractivity contribution in [1.82, 2.24) is 0 Å². The van der Waals surface area contributed by atoms with Crippen LogP contribution in [0.5, 0.6) is 0 Å². The molecule has 174 valence electrons. The number of rotatable bonds is 0. The van der Waals surface area contributed by atoms with E-state index < -0.39 is 0 Å². The second-order valence-electron chi connectivity index (χ2n) is 14.7. The molecule has 0 aliphatic heterocycles. The number of hydrogen-bond donors (Lipinski definition) is 1. The third-order valence-corrected chi connectivity index (χ3v) is 12.4. The van der Waals surface area contributed by atoms with Crippen LogP contribution in [0.1, 0.15) is 113 Å². The van der Waals surface area contributed by atoms with E-state index in [1.54, 1.807) is 11.1 Å². The normalized spacial score (nSPS) is 52.6. The van der Waals surface area contributed by atoms with Crippen LogP contribution in [0.25, 0.3) is 0 Å². The summed E-state index contributed by atoms with van der Waals surface area (Å²) in [5.74, 6) is 1.38. The Kier molecular flexibility index (Phi) is 4.53. The Balaban J connectivity index is 1.62. The molecule has 1 N–H and O–H groups in total. The van der Waals surface area contributed by atoms with Gasteiger partial charge in [-0.2, -0.15) is 0 Å². The summed E-state index contributed by atoms with van der Waals surface area (Å²) < 4.78 is 0. The topological polar surface area (TPSA) is 20.2 Å². The first-order chi connectivity index (χ1) is 14.2. The van der Waals surface area contributed by atoms with Crippen LogP contribution in [0.15, 0.2) is 23.3 Å². The van der Waals surface area contributed by atoms with Crippen molar-refractivity contribution in [2.75, 3.05) is 0 Å². The SMILES string of the molecule is CC1(C)C=C2C3=CC[C@@H]4[C@@]5(C)CC[C@H](O)C(C)(C)[C@@H]5CC[C@@]4(C)[C@]3(C)CC[C@@]2(C)CC1. The molecule has 1 nitrogen and oxygen atoms in total. The summed E-state index contributed by atoms with van der Waals surface area (Å²) in [6, 6.07) is 0. The fourth-order valence-electron chi connectivity index (χ4n) is 9.89. The molecule has 0 radical (unpaired) electrons. The molecule has 1 heteroatoms. The fraction of sp³-hybridized carbons (Fsp3) is 0.867. The zero-order valence-corrected chi connectivity index (χ0v) is 21.7. The van der Waals surface area contributed by atoms with Crippen molar-refractivity contribution in [3.63, 3.8) is 0 Å². The van der Waals surface area contributed by atoms with Crippen molar-refractivity contribution < 1.29 is 5.11 Å². The first-order valence-electron chi connectivity index (χ1n) is 13.3. The Hall–Kier alpha value is -0.560. The Labute approximate surface area is 192 Å². The number of hydrogen-bond acceptors (Lipinski definition) is 1. The van der Waals surface area contributed by atoms with Crippen LogP contribution < -0.4 is 0 Å². The maximum Gasteiger partial charge on any atom is 0.0594 e. The van der Waals surface area contributed by atoms with E-state index >= 15 is 0 Å². The van der Waals surface area contributed by atoms with Crippen molar-refractivity contribution in [1.29, 1.82) is 0 Å². The van der Waals surface area contributed by atoms with Gasteiger partial charge in [0.05, 0.1) is 6.10 Å². The number of fused-ring (bicyclic) bond motifs is 7. The van der Waals surface area contributed by atoms with E-state index in [0.717, 1.165) is 12.3 Å². The maximum atomic E-state index is 10.9. The molecule has 0 saturated heterocycles. The summed E-state index contributed by atoms with van der Waals surface area (Å²) in [4.78, 5) is 0. The van der Waals surface area contributed by atoms with Crippen LogP contribution in [0.2, 0.25) is 0 Å². The van der Waals surface area contributed by atoms with E-state index in [0.29, 0.717) is 33.0 Å². The highest BCUT2D eigenvalue weighted by Crippen LogP contribution is 2.75. The van der Waals surface area contributed by atoms with Crippen LogP contribution in [-0.2, 0) is 0 Å². The number of aliphatic hydroxyl groups is 1. The smallest absolute Gasteiger partial charge is 0.0594 e. The predicted octanol–water partition coefficient (Wildman–Crippen LogP) is 8.09. The summed E-state index contributed by atoms with van der Waals surface area (Å²) in [7, 11) is 0. The Morgan fingerprint density at radius 3 is 2.13 bits per heavy atom. The van der Waals surface area contributed by atoms with Gasteiger partial charge in [0.1, 0.15) is 0 Å². The van der Waals surface area contributed by atoms with Crippen molar-refractivity contribution in [3.05, 3.63) is 23.3 Å². The van der Waals surface area contributed by atoms with Gasteiger partial charge in [-0.1, -0.05) is 67.5 Å². The first kappa shape index (κ1) is 22.2.